The zero-order chi connectivity index (χ0) is 20.4. The van der Waals surface area contributed by atoms with Crippen molar-refractivity contribution in [1.82, 2.24) is 24.9 Å². The fourth-order valence-electron chi connectivity index (χ4n) is 3.62. The van der Waals surface area contributed by atoms with E-state index in [1.165, 1.54) is 0 Å². The van der Waals surface area contributed by atoms with Crippen molar-refractivity contribution in [3.05, 3.63) is 41.6 Å². The normalized spacial score (nSPS) is 18.1. The summed E-state index contributed by atoms with van der Waals surface area (Å²) < 4.78 is 7.81. The summed E-state index contributed by atoms with van der Waals surface area (Å²) in [7, 11) is 0. The molecule has 1 saturated heterocycles. The summed E-state index contributed by atoms with van der Waals surface area (Å²) in [5.74, 6) is 1.05. The summed E-state index contributed by atoms with van der Waals surface area (Å²) in [4.78, 5) is 9.27. The number of phenols is 1. The minimum atomic E-state index is -0.176. The van der Waals surface area contributed by atoms with Crippen LogP contribution in [0.4, 0.5) is 5.95 Å². The molecule has 8 heteroatoms. The number of fused-ring (bicyclic) bond motifs is 1. The monoisotopic (exact) mass is 396 g/mol. The third kappa shape index (κ3) is 4.12. The van der Waals surface area contributed by atoms with Gasteiger partial charge in [-0.15, -0.1) is 0 Å². The van der Waals surface area contributed by atoms with Crippen LogP contribution in [-0.2, 0) is 0 Å². The van der Waals surface area contributed by atoms with Crippen LogP contribution in [0.15, 0.2) is 30.5 Å². The van der Waals surface area contributed by atoms with Crippen molar-refractivity contribution in [1.29, 1.82) is 0 Å². The number of benzene rings is 1. The largest absolute Gasteiger partial charge is 0.508 e. The molecule has 4 rings (SSSR count). The molecule has 0 radical (unpaired) electrons. The lowest BCUT2D eigenvalue weighted by molar-refractivity contribution is 0.153. The molecule has 1 aliphatic rings. The van der Waals surface area contributed by atoms with Crippen LogP contribution < -0.4 is 15.4 Å². The highest BCUT2D eigenvalue weighted by Gasteiger charge is 2.21. The number of anilines is 1. The highest BCUT2D eigenvalue weighted by atomic mass is 16.5. The average Bonchev–Trinajstić information content (AvgIpc) is 3.13. The summed E-state index contributed by atoms with van der Waals surface area (Å²) in [5.41, 5.74) is 2.56. The molecule has 2 aromatic heterocycles. The van der Waals surface area contributed by atoms with Crippen LogP contribution in [0.5, 0.6) is 11.8 Å². The molecule has 2 atom stereocenters. The molecular weight excluding hydrogens is 368 g/mol. The number of piperidine rings is 1. The summed E-state index contributed by atoms with van der Waals surface area (Å²) in [6.07, 6.45) is 3.94. The second-order valence-corrected chi connectivity index (χ2v) is 7.83. The molecule has 0 bridgehead atoms. The van der Waals surface area contributed by atoms with Gasteiger partial charge < -0.3 is 20.5 Å². The zero-order valence-corrected chi connectivity index (χ0v) is 17.1. The van der Waals surface area contributed by atoms with Crippen molar-refractivity contribution in [3.8, 4) is 11.8 Å². The first-order valence-corrected chi connectivity index (χ1v) is 10.2. The van der Waals surface area contributed by atoms with Crippen molar-refractivity contribution in [2.24, 2.45) is 0 Å². The first-order chi connectivity index (χ1) is 14.0. The first-order valence-electron chi connectivity index (χ1n) is 10.2. The highest BCUT2D eigenvalue weighted by molar-refractivity contribution is 5.53. The van der Waals surface area contributed by atoms with Crippen molar-refractivity contribution >= 4 is 11.6 Å². The van der Waals surface area contributed by atoms with Crippen LogP contribution in [-0.4, -0.2) is 43.9 Å². The number of hydrogen-bond donors (Lipinski definition) is 3. The molecule has 154 valence electrons. The van der Waals surface area contributed by atoms with Gasteiger partial charge in [-0.1, -0.05) is 32.0 Å². The van der Waals surface area contributed by atoms with Crippen LogP contribution in [0, 0.1) is 0 Å². The fraction of sp³-hybridized carbons (Fsp3) is 0.476. The van der Waals surface area contributed by atoms with Gasteiger partial charge in [0.05, 0.1) is 12.2 Å². The standard InChI is InChI=1S/C21H28N6O2/c1-13(2)17-12-23-27-19(17)25-21(29-15-7-6-10-22-11-15)26-20(27)24-14(3)16-8-4-5-9-18(16)28/h4-5,8-9,12-15,22,28H,6-7,10-11H2,1-3H3,(H,24,25,26)/t14-,15+/m0/s1. The molecule has 0 spiro atoms. The van der Waals surface area contributed by atoms with Gasteiger partial charge in [0.2, 0.25) is 5.95 Å². The minimum Gasteiger partial charge on any atom is -0.508 e. The molecule has 3 heterocycles. The van der Waals surface area contributed by atoms with E-state index >= 15 is 0 Å². The van der Waals surface area contributed by atoms with E-state index in [1.807, 2.05) is 25.3 Å². The number of aromatic nitrogens is 4. The van der Waals surface area contributed by atoms with Crippen molar-refractivity contribution < 1.29 is 9.84 Å². The van der Waals surface area contributed by atoms with Gasteiger partial charge in [-0.25, -0.2) is 0 Å². The van der Waals surface area contributed by atoms with E-state index in [1.54, 1.807) is 16.6 Å². The summed E-state index contributed by atoms with van der Waals surface area (Å²) >= 11 is 0. The van der Waals surface area contributed by atoms with Crippen LogP contribution in [0.3, 0.4) is 0 Å². The van der Waals surface area contributed by atoms with Crippen LogP contribution in [0.2, 0.25) is 0 Å². The zero-order valence-electron chi connectivity index (χ0n) is 17.1. The smallest absolute Gasteiger partial charge is 0.322 e. The fourth-order valence-corrected chi connectivity index (χ4v) is 3.62. The van der Waals surface area contributed by atoms with Gasteiger partial charge in [0.15, 0.2) is 5.65 Å². The van der Waals surface area contributed by atoms with Crippen molar-refractivity contribution in [3.63, 3.8) is 0 Å². The van der Waals surface area contributed by atoms with Gasteiger partial charge >= 0.3 is 6.01 Å². The Morgan fingerprint density at radius 3 is 2.76 bits per heavy atom. The van der Waals surface area contributed by atoms with Gasteiger partial charge in [-0.05, 0) is 38.3 Å². The maximum Gasteiger partial charge on any atom is 0.322 e. The lowest BCUT2D eigenvalue weighted by Gasteiger charge is -2.23. The van der Waals surface area contributed by atoms with Crippen molar-refractivity contribution in [2.45, 2.75) is 51.7 Å². The van der Waals surface area contributed by atoms with Crippen molar-refractivity contribution in [2.75, 3.05) is 18.4 Å². The molecule has 1 aromatic carbocycles. The first kappa shape index (κ1) is 19.4. The number of rotatable bonds is 6. The second kappa shape index (κ2) is 8.24. The topological polar surface area (TPSA) is 96.6 Å². The Kier molecular flexibility index (Phi) is 5.53. The number of ether oxygens (including phenoxy) is 1. The van der Waals surface area contributed by atoms with Crippen LogP contribution >= 0.6 is 0 Å². The molecule has 0 amide bonds. The van der Waals surface area contributed by atoms with Crippen LogP contribution in [0.1, 0.15) is 56.7 Å². The molecule has 3 aromatic rings. The highest BCUT2D eigenvalue weighted by Crippen LogP contribution is 2.28. The van der Waals surface area contributed by atoms with E-state index in [-0.39, 0.29) is 23.8 Å². The van der Waals surface area contributed by atoms with Gasteiger partial charge in [0, 0.05) is 17.7 Å². The van der Waals surface area contributed by atoms with E-state index in [4.69, 9.17) is 4.74 Å². The van der Waals surface area contributed by atoms with Gasteiger partial charge in [0.25, 0.3) is 0 Å². The Hall–Kier alpha value is -2.87. The lowest BCUT2D eigenvalue weighted by atomic mass is 10.1. The summed E-state index contributed by atoms with van der Waals surface area (Å²) in [6, 6.07) is 7.45. The molecule has 29 heavy (non-hydrogen) atoms. The van der Waals surface area contributed by atoms with E-state index in [0.29, 0.717) is 12.0 Å². The molecule has 0 saturated carbocycles. The molecule has 1 aliphatic heterocycles. The van der Waals surface area contributed by atoms with E-state index in [2.05, 4.69) is 39.5 Å². The number of phenolic OH excluding ortho intramolecular Hbond substituents is 1. The Bertz CT molecular complexity index is 980. The van der Waals surface area contributed by atoms with E-state index in [9.17, 15) is 5.11 Å². The number of nitrogens with zero attached hydrogens (tertiary/aromatic N) is 4. The predicted octanol–water partition coefficient (Wildman–Crippen LogP) is 3.26. The Morgan fingerprint density at radius 2 is 2.03 bits per heavy atom. The number of para-hydroxylation sites is 1. The molecule has 0 aliphatic carbocycles. The number of aromatic hydroxyl groups is 1. The predicted molar refractivity (Wildman–Crippen MR) is 112 cm³/mol. The SMILES string of the molecule is CC(C)c1cnn2c(N[C@@H](C)c3ccccc3O)nc(O[C@@H]3CCCNC3)nc12. The Labute approximate surface area is 170 Å². The molecular formula is C21H28N6O2. The Morgan fingerprint density at radius 1 is 1.21 bits per heavy atom. The third-order valence-electron chi connectivity index (χ3n) is 5.27. The summed E-state index contributed by atoms with van der Waals surface area (Å²) in [6.45, 7) is 8.01. The third-order valence-corrected chi connectivity index (χ3v) is 5.27. The Balaban J connectivity index is 1.70. The molecule has 0 unspecified atom stereocenters. The average molecular weight is 396 g/mol. The number of nitrogens with one attached hydrogen (secondary N) is 2. The van der Waals surface area contributed by atoms with Gasteiger partial charge in [-0.2, -0.15) is 19.6 Å². The summed E-state index contributed by atoms with van der Waals surface area (Å²) in [5, 5.41) is 21.4. The molecule has 1 fully saturated rings. The van der Waals surface area contributed by atoms with Crippen LogP contribution in [0.25, 0.3) is 5.65 Å². The molecule has 8 nitrogen and oxygen atoms in total. The van der Waals surface area contributed by atoms with Gasteiger partial charge in [0.1, 0.15) is 11.9 Å². The molecule has 3 N–H and O–H groups in total. The van der Waals surface area contributed by atoms with E-state index < -0.39 is 0 Å². The maximum atomic E-state index is 10.2. The van der Waals surface area contributed by atoms with E-state index in [0.717, 1.165) is 42.7 Å². The maximum absolute atomic E-state index is 10.2. The lowest BCUT2D eigenvalue weighted by Crippen LogP contribution is -2.37. The van der Waals surface area contributed by atoms with Gasteiger partial charge in [-0.3, -0.25) is 0 Å². The minimum absolute atomic E-state index is 0.0556. The number of hydrogen-bond acceptors (Lipinski definition) is 7. The quantitative estimate of drug-likeness (QED) is 0.588. The second-order valence-electron chi connectivity index (χ2n) is 7.83.